The van der Waals surface area contributed by atoms with E-state index in [-0.39, 0.29) is 5.95 Å². The predicted octanol–water partition coefficient (Wildman–Crippen LogP) is 2.12. The first-order valence-electron chi connectivity index (χ1n) is 6.59. The second-order valence-electron chi connectivity index (χ2n) is 4.81. The van der Waals surface area contributed by atoms with E-state index >= 15 is 0 Å². The molecule has 0 spiro atoms. The molecule has 110 valence electrons. The van der Waals surface area contributed by atoms with E-state index in [0.717, 1.165) is 16.3 Å². The number of nitro groups is 1. The summed E-state index contributed by atoms with van der Waals surface area (Å²) in [7, 11) is 0. The van der Waals surface area contributed by atoms with Crippen LogP contribution in [0.25, 0.3) is 10.8 Å². The van der Waals surface area contributed by atoms with Crippen LogP contribution in [-0.2, 0) is 6.42 Å². The van der Waals surface area contributed by atoms with Gasteiger partial charge in [0.1, 0.15) is 0 Å². The summed E-state index contributed by atoms with van der Waals surface area (Å²) in [5, 5.41) is 11.8. The van der Waals surface area contributed by atoms with Crippen LogP contribution >= 0.6 is 0 Å². The molecule has 7 heteroatoms. The van der Waals surface area contributed by atoms with Gasteiger partial charge < -0.3 is 0 Å². The number of rotatable bonds is 4. The van der Waals surface area contributed by atoms with Crippen LogP contribution in [0.2, 0.25) is 0 Å². The summed E-state index contributed by atoms with van der Waals surface area (Å²) in [5.41, 5.74) is 2.84. The standard InChI is InChI=1S/C15H12N4O3/c20-14-13(9-16-15(17-14)18-19(21)22)8-10-5-6-11-3-1-2-4-12(11)7-10/h1-7,9H,8H2,(H2,16,17,18,20). The molecule has 7 nitrogen and oxygen atoms in total. The lowest BCUT2D eigenvalue weighted by Crippen LogP contribution is -2.19. The number of fused-ring (bicyclic) bond motifs is 1. The van der Waals surface area contributed by atoms with Crippen molar-refractivity contribution < 1.29 is 5.03 Å². The summed E-state index contributed by atoms with van der Waals surface area (Å²) in [4.78, 5) is 28.4. The molecule has 1 aromatic heterocycles. The molecule has 2 N–H and O–H groups in total. The van der Waals surface area contributed by atoms with E-state index in [2.05, 4.69) is 9.97 Å². The largest absolute Gasteiger partial charge is 0.288 e. The molecule has 0 unspecified atom stereocenters. The molecule has 0 aliphatic rings. The molecule has 0 atom stereocenters. The molecule has 0 fully saturated rings. The zero-order valence-corrected chi connectivity index (χ0v) is 11.4. The van der Waals surface area contributed by atoms with E-state index in [1.807, 2.05) is 47.9 Å². The Labute approximate surface area is 124 Å². The van der Waals surface area contributed by atoms with Crippen LogP contribution < -0.4 is 11.0 Å². The van der Waals surface area contributed by atoms with E-state index in [9.17, 15) is 14.9 Å². The second-order valence-corrected chi connectivity index (χ2v) is 4.81. The number of nitrogens with one attached hydrogen (secondary N) is 2. The third-order valence-electron chi connectivity index (χ3n) is 3.28. The Balaban J connectivity index is 1.88. The molecule has 1 heterocycles. The van der Waals surface area contributed by atoms with E-state index in [1.54, 1.807) is 0 Å². The molecule has 0 amide bonds. The number of benzene rings is 2. The summed E-state index contributed by atoms with van der Waals surface area (Å²) >= 11 is 0. The van der Waals surface area contributed by atoms with Crippen molar-refractivity contribution in [2.45, 2.75) is 6.42 Å². The van der Waals surface area contributed by atoms with Crippen LogP contribution in [-0.4, -0.2) is 15.0 Å². The van der Waals surface area contributed by atoms with Crippen molar-refractivity contribution in [2.24, 2.45) is 0 Å². The molecular weight excluding hydrogens is 284 g/mol. The average molecular weight is 296 g/mol. The van der Waals surface area contributed by atoms with Crippen LogP contribution in [0.1, 0.15) is 11.1 Å². The van der Waals surface area contributed by atoms with Crippen molar-refractivity contribution in [3.63, 3.8) is 0 Å². The summed E-state index contributed by atoms with van der Waals surface area (Å²) in [6, 6.07) is 13.9. The Morgan fingerprint density at radius 2 is 1.95 bits per heavy atom. The topological polar surface area (TPSA) is 101 Å². The van der Waals surface area contributed by atoms with Crippen molar-refractivity contribution in [3.05, 3.63) is 80.3 Å². The number of H-pyrrole nitrogens is 1. The lowest BCUT2D eigenvalue weighted by molar-refractivity contribution is -0.446. The normalized spacial score (nSPS) is 10.5. The fourth-order valence-electron chi connectivity index (χ4n) is 2.26. The number of hydrogen-bond acceptors (Lipinski definition) is 4. The smallest absolute Gasteiger partial charge is 0.265 e. The monoisotopic (exact) mass is 296 g/mol. The fourth-order valence-corrected chi connectivity index (χ4v) is 2.26. The molecule has 3 aromatic rings. The van der Waals surface area contributed by atoms with Crippen molar-refractivity contribution in [2.75, 3.05) is 5.43 Å². The van der Waals surface area contributed by atoms with Gasteiger partial charge in [0, 0.05) is 18.2 Å². The Bertz CT molecular complexity index is 904. The SMILES string of the molecule is O=c1[nH]c(N[N+](=O)[O-])ncc1Cc1ccc2ccccc2c1. The maximum Gasteiger partial charge on any atom is 0.265 e. The predicted molar refractivity (Wildman–Crippen MR) is 82.2 cm³/mol. The van der Waals surface area contributed by atoms with E-state index in [1.165, 1.54) is 6.20 Å². The summed E-state index contributed by atoms with van der Waals surface area (Å²) < 4.78 is 0. The van der Waals surface area contributed by atoms with Gasteiger partial charge in [0.2, 0.25) is 0 Å². The molecule has 0 saturated heterocycles. The van der Waals surface area contributed by atoms with Crippen molar-refractivity contribution in [3.8, 4) is 0 Å². The van der Waals surface area contributed by atoms with Crippen LogP contribution in [0.15, 0.2) is 53.5 Å². The zero-order chi connectivity index (χ0) is 15.5. The molecule has 0 aliphatic heterocycles. The Hall–Kier alpha value is -3.22. The highest BCUT2D eigenvalue weighted by atomic mass is 16.7. The van der Waals surface area contributed by atoms with Gasteiger partial charge >= 0.3 is 0 Å². The molecule has 0 saturated carbocycles. The molecule has 0 bridgehead atoms. The van der Waals surface area contributed by atoms with Crippen LogP contribution in [0.3, 0.4) is 0 Å². The molecule has 3 rings (SSSR count). The lowest BCUT2D eigenvalue weighted by atomic mass is 10.0. The first kappa shape index (κ1) is 13.7. The molecule has 2 aromatic carbocycles. The first-order chi connectivity index (χ1) is 10.6. The van der Waals surface area contributed by atoms with Gasteiger partial charge in [0.05, 0.1) is 0 Å². The number of aromatic nitrogens is 2. The number of anilines is 1. The van der Waals surface area contributed by atoms with Gasteiger partial charge in [-0.25, -0.2) is 15.1 Å². The Kier molecular flexibility index (Phi) is 3.53. The third-order valence-corrected chi connectivity index (χ3v) is 3.28. The summed E-state index contributed by atoms with van der Waals surface area (Å²) in [6.45, 7) is 0. The Morgan fingerprint density at radius 1 is 1.18 bits per heavy atom. The van der Waals surface area contributed by atoms with Gasteiger partial charge in [-0.2, -0.15) is 0 Å². The van der Waals surface area contributed by atoms with Crippen LogP contribution in [0.4, 0.5) is 5.95 Å². The van der Waals surface area contributed by atoms with E-state index in [0.29, 0.717) is 12.0 Å². The minimum atomic E-state index is -0.777. The minimum Gasteiger partial charge on any atom is -0.288 e. The number of aromatic amines is 1. The highest BCUT2D eigenvalue weighted by molar-refractivity contribution is 5.83. The number of hydrogen-bond donors (Lipinski definition) is 2. The van der Waals surface area contributed by atoms with Crippen molar-refractivity contribution in [1.82, 2.24) is 9.97 Å². The fraction of sp³-hybridized carbons (Fsp3) is 0.0667. The first-order valence-corrected chi connectivity index (χ1v) is 6.59. The third kappa shape index (κ3) is 2.93. The summed E-state index contributed by atoms with van der Waals surface area (Å²) in [6.07, 6.45) is 1.76. The molecule has 0 aliphatic carbocycles. The lowest BCUT2D eigenvalue weighted by Gasteiger charge is -2.04. The molecule has 0 radical (unpaired) electrons. The molecule has 22 heavy (non-hydrogen) atoms. The number of hydrazine groups is 1. The van der Waals surface area contributed by atoms with E-state index in [4.69, 9.17) is 0 Å². The van der Waals surface area contributed by atoms with Crippen LogP contribution in [0.5, 0.6) is 0 Å². The quantitative estimate of drug-likeness (QED) is 0.567. The maximum atomic E-state index is 11.9. The van der Waals surface area contributed by atoms with Gasteiger partial charge in [-0.05, 0) is 16.3 Å². The van der Waals surface area contributed by atoms with Crippen molar-refractivity contribution >= 4 is 16.7 Å². The maximum absolute atomic E-state index is 11.9. The Morgan fingerprint density at radius 3 is 2.68 bits per heavy atom. The van der Waals surface area contributed by atoms with Gasteiger partial charge in [-0.15, -0.1) is 0 Å². The van der Waals surface area contributed by atoms with Crippen molar-refractivity contribution in [1.29, 1.82) is 0 Å². The average Bonchev–Trinajstić information content (AvgIpc) is 2.49. The number of nitrogens with zero attached hydrogens (tertiary/aromatic N) is 2. The van der Waals surface area contributed by atoms with Crippen LogP contribution in [0, 0.1) is 10.1 Å². The summed E-state index contributed by atoms with van der Waals surface area (Å²) in [5.74, 6) is -0.183. The van der Waals surface area contributed by atoms with E-state index < -0.39 is 10.6 Å². The van der Waals surface area contributed by atoms with Gasteiger partial charge in [-0.1, -0.05) is 47.9 Å². The van der Waals surface area contributed by atoms with Gasteiger partial charge in [0.25, 0.3) is 11.5 Å². The zero-order valence-electron chi connectivity index (χ0n) is 11.4. The highest BCUT2D eigenvalue weighted by Gasteiger charge is 2.07. The highest BCUT2D eigenvalue weighted by Crippen LogP contribution is 2.17. The van der Waals surface area contributed by atoms with Gasteiger partial charge in [-0.3, -0.25) is 9.78 Å². The second kappa shape index (κ2) is 5.65. The van der Waals surface area contributed by atoms with Gasteiger partial charge in [0.15, 0.2) is 5.03 Å². The molecular formula is C15H12N4O3. The minimum absolute atomic E-state index is 0.183.